The Labute approximate surface area is 211 Å². The first-order valence-corrected chi connectivity index (χ1v) is 12.6. The summed E-state index contributed by atoms with van der Waals surface area (Å²) in [5.41, 5.74) is 3.75. The molecule has 2 aromatic heterocycles. The van der Waals surface area contributed by atoms with Gasteiger partial charge in [0.1, 0.15) is 16.4 Å². The number of benzene rings is 2. The molecule has 0 aliphatic rings. The molecule has 0 radical (unpaired) electrons. The topological polar surface area (TPSA) is 91.9 Å². The number of thiophene rings is 1. The van der Waals surface area contributed by atoms with Crippen LogP contribution in [0.15, 0.2) is 87.7 Å². The zero-order valence-corrected chi connectivity index (χ0v) is 21.1. The Morgan fingerprint density at radius 2 is 1.71 bits per heavy atom. The normalized spacial score (nSPS) is 11.5. The van der Waals surface area contributed by atoms with E-state index in [1.165, 1.54) is 34.3 Å². The molecule has 0 fully saturated rings. The van der Waals surface area contributed by atoms with Crippen molar-refractivity contribution in [3.8, 4) is 0 Å². The molecule has 8 nitrogen and oxygen atoms in total. The SMILES string of the molecule is C=CC(=O)OCCN(CC)c1ccc(N=Nc2nc3sc(N=Nc4ccc(C)cc4)cc3s2)cc1. The van der Waals surface area contributed by atoms with Gasteiger partial charge in [0.05, 0.1) is 22.6 Å². The molecule has 0 saturated carbocycles. The lowest BCUT2D eigenvalue weighted by molar-refractivity contribution is -0.137. The molecule has 35 heavy (non-hydrogen) atoms. The molecule has 0 aliphatic heterocycles. The maximum atomic E-state index is 11.2. The van der Waals surface area contributed by atoms with Crippen molar-refractivity contribution in [2.75, 3.05) is 24.6 Å². The molecule has 10 heteroatoms. The number of hydrogen-bond acceptors (Lipinski definition) is 10. The number of rotatable bonds is 10. The minimum absolute atomic E-state index is 0.302. The number of carbonyl (C=O) groups excluding carboxylic acids is 1. The van der Waals surface area contributed by atoms with Gasteiger partial charge in [-0.25, -0.2) is 9.78 Å². The number of esters is 1. The average molecular weight is 505 g/mol. The number of thiazole rings is 1. The number of aromatic nitrogens is 1. The molecule has 0 spiro atoms. The van der Waals surface area contributed by atoms with Gasteiger partial charge in [-0.3, -0.25) is 0 Å². The summed E-state index contributed by atoms with van der Waals surface area (Å²) in [5.74, 6) is -0.415. The third kappa shape index (κ3) is 6.65. The fourth-order valence-electron chi connectivity index (χ4n) is 3.14. The lowest BCUT2D eigenvalue weighted by atomic mass is 10.2. The summed E-state index contributed by atoms with van der Waals surface area (Å²) in [6, 6.07) is 17.6. The lowest BCUT2D eigenvalue weighted by Gasteiger charge is -2.22. The van der Waals surface area contributed by atoms with Crippen molar-refractivity contribution in [3.05, 3.63) is 72.8 Å². The lowest BCUT2D eigenvalue weighted by Crippen LogP contribution is -2.27. The number of likely N-dealkylation sites (N-methyl/N-ethyl adjacent to an activating group) is 1. The Morgan fingerprint density at radius 1 is 1.03 bits per heavy atom. The average Bonchev–Trinajstić information content (AvgIpc) is 3.44. The van der Waals surface area contributed by atoms with E-state index in [0.29, 0.717) is 18.3 Å². The van der Waals surface area contributed by atoms with Gasteiger partial charge < -0.3 is 9.64 Å². The Bertz CT molecular complexity index is 1330. The molecule has 4 aromatic rings. The van der Waals surface area contributed by atoms with Crippen LogP contribution in [-0.4, -0.2) is 30.6 Å². The Hall–Kier alpha value is -3.76. The third-order valence-electron chi connectivity index (χ3n) is 4.98. The van der Waals surface area contributed by atoms with Gasteiger partial charge in [0.25, 0.3) is 0 Å². The summed E-state index contributed by atoms with van der Waals surface area (Å²) in [7, 11) is 0. The Morgan fingerprint density at radius 3 is 2.37 bits per heavy atom. The zero-order valence-electron chi connectivity index (χ0n) is 19.4. The van der Waals surface area contributed by atoms with Gasteiger partial charge in [0.2, 0.25) is 5.13 Å². The van der Waals surface area contributed by atoms with E-state index in [9.17, 15) is 4.79 Å². The molecule has 2 aromatic carbocycles. The number of carbonyl (C=O) groups is 1. The molecular weight excluding hydrogens is 480 g/mol. The highest BCUT2D eigenvalue weighted by Gasteiger charge is 2.09. The number of azo groups is 2. The van der Waals surface area contributed by atoms with E-state index in [1.807, 2.05) is 68.4 Å². The molecule has 0 N–H and O–H groups in total. The van der Waals surface area contributed by atoms with Crippen LogP contribution in [0.4, 0.5) is 27.2 Å². The van der Waals surface area contributed by atoms with Crippen LogP contribution in [0.3, 0.4) is 0 Å². The molecule has 0 amide bonds. The van der Waals surface area contributed by atoms with Crippen LogP contribution in [-0.2, 0) is 9.53 Å². The monoisotopic (exact) mass is 504 g/mol. The fraction of sp³-hybridized carbons (Fsp3) is 0.200. The second kappa shape index (κ2) is 11.6. The van der Waals surface area contributed by atoms with Crippen LogP contribution in [0.5, 0.6) is 0 Å². The van der Waals surface area contributed by atoms with Gasteiger partial charge in [0, 0.05) is 18.3 Å². The van der Waals surface area contributed by atoms with Crippen molar-refractivity contribution in [1.29, 1.82) is 0 Å². The first kappa shape index (κ1) is 24.4. The second-order valence-electron chi connectivity index (χ2n) is 7.45. The van der Waals surface area contributed by atoms with Crippen molar-refractivity contribution in [1.82, 2.24) is 4.98 Å². The van der Waals surface area contributed by atoms with Gasteiger partial charge in [-0.1, -0.05) is 46.9 Å². The molecule has 0 unspecified atom stereocenters. The maximum Gasteiger partial charge on any atom is 0.330 e. The van der Waals surface area contributed by atoms with Gasteiger partial charge in [-0.2, -0.15) is 0 Å². The Kier molecular flexibility index (Phi) is 8.07. The molecule has 0 saturated heterocycles. The van der Waals surface area contributed by atoms with Gasteiger partial charge in [0.15, 0.2) is 0 Å². The second-order valence-corrected chi connectivity index (χ2v) is 9.47. The largest absolute Gasteiger partial charge is 0.461 e. The van der Waals surface area contributed by atoms with Crippen LogP contribution >= 0.6 is 22.7 Å². The molecule has 178 valence electrons. The Balaban J connectivity index is 1.36. The number of fused-ring (bicyclic) bond motifs is 1. The van der Waals surface area contributed by atoms with Crippen molar-refractivity contribution >= 4 is 65.4 Å². The van der Waals surface area contributed by atoms with E-state index in [0.717, 1.165) is 38.1 Å². The van der Waals surface area contributed by atoms with E-state index in [1.54, 1.807) is 0 Å². The summed E-state index contributed by atoms with van der Waals surface area (Å²) in [6.07, 6.45) is 1.17. The zero-order chi connectivity index (χ0) is 24.6. The van der Waals surface area contributed by atoms with E-state index in [2.05, 4.69) is 36.9 Å². The maximum absolute atomic E-state index is 11.2. The van der Waals surface area contributed by atoms with Crippen LogP contribution in [0.2, 0.25) is 0 Å². The highest BCUT2D eigenvalue weighted by molar-refractivity contribution is 7.30. The number of aryl methyl sites for hydroxylation is 1. The van der Waals surface area contributed by atoms with Crippen LogP contribution < -0.4 is 4.90 Å². The highest BCUT2D eigenvalue weighted by atomic mass is 32.1. The molecule has 0 bridgehead atoms. The summed E-state index contributed by atoms with van der Waals surface area (Å²) in [6.45, 7) is 9.17. The first-order valence-electron chi connectivity index (χ1n) is 11.0. The van der Waals surface area contributed by atoms with Crippen molar-refractivity contribution in [2.45, 2.75) is 13.8 Å². The number of nitrogens with zero attached hydrogens (tertiary/aromatic N) is 6. The van der Waals surface area contributed by atoms with Gasteiger partial charge in [-0.05, 0) is 56.3 Å². The third-order valence-corrected chi connectivity index (χ3v) is 6.91. The summed E-state index contributed by atoms with van der Waals surface area (Å²) < 4.78 is 6.08. The minimum atomic E-state index is -0.415. The van der Waals surface area contributed by atoms with Crippen molar-refractivity contribution in [3.63, 3.8) is 0 Å². The molecule has 0 aliphatic carbocycles. The molecule has 0 atom stereocenters. The van der Waals surface area contributed by atoms with Crippen molar-refractivity contribution in [2.24, 2.45) is 20.5 Å². The summed E-state index contributed by atoms with van der Waals surface area (Å²) >= 11 is 2.94. The minimum Gasteiger partial charge on any atom is -0.461 e. The van der Waals surface area contributed by atoms with Crippen molar-refractivity contribution < 1.29 is 9.53 Å². The van der Waals surface area contributed by atoms with Crippen LogP contribution in [0, 0.1) is 6.92 Å². The number of anilines is 1. The number of hydrogen-bond donors (Lipinski definition) is 0. The summed E-state index contributed by atoms with van der Waals surface area (Å²) in [5, 5.41) is 18.6. The number of ether oxygens (including phenoxy) is 1. The van der Waals surface area contributed by atoms with Gasteiger partial charge >= 0.3 is 5.97 Å². The fourth-order valence-corrected chi connectivity index (χ4v) is 4.99. The van der Waals surface area contributed by atoms with Crippen LogP contribution in [0.1, 0.15) is 12.5 Å². The predicted octanol–water partition coefficient (Wildman–Crippen LogP) is 8.05. The first-order chi connectivity index (χ1) is 17.0. The van der Waals surface area contributed by atoms with Crippen LogP contribution in [0.25, 0.3) is 9.53 Å². The summed E-state index contributed by atoms with van der Waals surface area (Å²) in [4.78, 5) is 18.7. The van der Waals surface area contributed by atoms with E-state index >= 15 is 0 Å². The molecule has 4 rings (SSSR count). The quantitative estimate of drug-likeness (QED) is 0.124. The van der Waals surface area contributed by atoms with E-state index in [-0.39, 0.29) is 0 Å². The van der Waals surface area contributed by atoms with E-state index < -0.39 is 5.97 Å². The standard InChI is InChI=1S/C25H24N6O2S2/c1-4-23(32)33-15-14-31(5-2)20-12-10-19(11-13-20)28-30-25-26-24-21(34-25)16-22(35-24)29-27-18-8-6-17(3)7-9-18/h4,6-13,16H,1,5,14-15H2,2-3H3. The van der Waals surface area contributed by atoms with Gasteiger partial charge in [-0.15, -0.1) is 20.5 Å². The smallest absolute Gasteiger partial charge is 0.330 e. The molecule has 2 heterocycles. The predicted molar refractivity (Wildman–Crippen MR) is 143 cm³/mol. The molecular formula is C25H24N6O2S2. The van der Waals surface area contributed by atoms with E-state index in [4.69, 9.17) is 4.74 Å². The highest BCUT2D eigenvalue weighted by Crippen LogP contribution is 2.39.